The van der Waals surface area contributed by atoms with E-state index in [0.717, 1.165) is 18.8 Å². The number of hydrogen-bond donors (Lipinski definition) is 1. The zero-order valence-corrected chi connectivity index (χ0v) is 10.1. The van der Waals surface area contributed by atoms with Gasteiger partial charge in [-0.25, -0.2) is 0 Å². The molecule has 1 aliphatic heterocycles. The van der Waals surface area contributed by atoms with Gasteiger partial charge in [0.2, 0.25) is 0 Å². The van der Waals surface area contributed by atoms with Crippen LogP contribution in [0.15, 0.2) is 24.3 Å². The van der Waals surface area contributed by atoms with Gasteiger partial charge < -0.3 is 5.32 Å². The SMILES string of the molecule is CS(=O)(=O)[N+]1(c2[c]cccc2)CCNCC1. The predicted octanol–water partition coefficient (Wildman–Crippen LogP) is 0.357. The third-order valence-corrected chi connectivity index (χ3v) is 4.90. The summed E-state index contributed by atoms with van der Waals surface area (Å²) in [6, 6.07) is 10.4. The summed E-state index contributed by atoms with van der Waals surface area (Å²) in [6.07, 6.45) is 1.30. The van der Waals surface area contributed by atoms with Crippen molar-refractivity contribution < 1.29 is 8.42 Å². The van der Waals surface area contributed by atoms with E-state index in [4.69, 9.17) is 0 Å². The number of benzene rings is 1. The van der Waals surface area contributed by atoms with Crippen LogP contribution in [0.25, 0.3) is 0 Å². The van der Waals surface area contributed by atoms with Crippen LogP contribution in [0.5, 0.6) is 0 Å². The summed E-state index contributed by atoms with van der Waals surface area (Å²) in [6.45, 7) is 2.57. The van der Waals surface area contributed by atoms with Gasteiger partial charge in [0.05, 0.1) is 6.26 Å². The Kier molecular flexibility index (Phi) is 3.01. The van der Waals surface area contributed by atoms with Gasteiger partial charge in [0.25, 0.3) is 10.0 Å². The molecule has 1 N–H and O–H groups in total. The molecule has 0 atom stereocenters. The van der Waals surface area contributed by atoms with Crippen molar-refractivity contribution in [2.75, 3.05) is 32.4 Å². The van der Waals surface area contributed by atoms with Gasteiger partial charge in [-0.3, -0.25) is 0 Å². The molecule has 1 heterocycles. The molecule has 1 aromatic carbocycles. The highest BCUT2D eigenvalue weighted by Crippen LogP contribution is 2.26. The Bertz CT molecular complexity index is 450. The zero-order valence-electron chi connectivity index (χ0n) is 9.31. The first-order valence-electron chi connectivity index (χ1n) is 5.31. The maximum absolute atomic E-state index is 12.0. The van der Waals surface area contributed by atoms with Crippen LogP contribution < -0.4 is 9.21 Å². The largest absolute Gasteiger partial charge is 0.306 e. The topological polar surface area (TPSA) is 46.2 Å². The second-order valence-electron chi connectivity index (χ2n) is 4.07. The number of piperazine rings is 1. The van der Waals surface area contributed by atoms with Gasteiger partial charge in [0.15, 0.2) is 5.69 Å². The molecule has 1 aromatic rings. The molecular weight excluding hydrogens is 224 g/mol. The van der Waals surface area contributed by atoms with E-state index in [0.29, 0.717) is 13.1 Å². The molecule has 1 aliphatic rings. The molecule has 1 radical (unpaired) electrons. The first kappa shape index (κ1) is 11.6. The molecule has 0 saturated carbocycles. The van der Waals surface area contributed by atoms with Crippen molar-refractivity contribution >= 4 is 15.7 Å². The second kappa shape index (κ2) is 4.16. The molecule has 16 heavy (non-hydrogen) atoms. The lowest BCUT2D eigenvalue weighted by Crippen LogP contribution is -2.62. The van der Waals surface area contributed by atoms with Crippen molar-refractivity contribution in [1.29, 1.82) is 0 Å². The number of quaternary nitrogens is 1. The van der Waals surface area contributed by atoms with Crippen LogP contribution in [0.4, 0.5) is 5.69 Å². The number of nitrogens with one attached hydrogen (secondary N) is 1. The fourth-order valence-corrected chi connectivity index (χ4v) is 3.46. The minimum absolute atomic E-state index is 0.0147. The zero-order chi connectivity index (χ0) is 11.6. The van der Waals surface area contributed by atoms with Gasteiger partial charge >= 0.3 is 0 Å². The molecule has 0 spiro atoms. The maximum Gasteiger partial charge on any atom is 0.299 e. The highest BCUT2D eigenvalue weighted by Gasteiger charge is 2.42. The van der Waals surface area contributed by atoms with Crippen LogP contribution in [0.2, 0.25) is 0 Å². The standard InChI is InChI=1S/C11H16N2O2S/c1-16(14,15)13(9-7-12-8-10-13)11-5-3-2-4-6-11/h2-5,12H,7-10H2,1H3/q+1. The van der Waals surface area contributed by atoms with Crippen molar-refractivity contribution in [3.05, 3.63) is 30.3 Å². The maximum atomic E-state index is 12.0. The lowest BCUT2D eigenvalue weighted by atomic mass is 10.2. The van der Waals surface area contributed by atoms with E-state index in [9.17, 15) is 8.42 Å². The van der Waals surface area contributed by atoms with Crippen molar-refractivity contribution in [1.82, 2.24) is 9.21 Å². The van der Waals surface area contributed by atoms with Gasteiger partial charge in [0, 0.05) is 25.2 Å². The molecule has 1 fully saturated rings. The van der Waals surface area contributed by atoms with Crippen molar-refractivity contribution in [2.45, 2.75) is 0 Å². The summed E-state index contributed by atoms with van der Waals surface area (Å²) in [5.41, 5.74) is 0.742. The summed E-state index contributed by atoms with van der Waals surface area (Å²) < 4.78 is 24.1. The molecule has 2 rings (SSSR count). The molecule has 5 heteroatoms. The van der Waals surface area contributed by atoms with E-state index >= 15 is 0 Å². The van der Waals surface area contributed by atoms with E-state index in [1.165, 1.54) is 6.26 Å². The van der Waals surface area contributed by atoms with Crippen molar-refractivity contribution in [3.63, 3.8) is 0 Å². The highest BCUT2D eigenvalue weighted by molar-refractivity contribution is 7.90. The first-order chi connectivity index (χ1) is 7.56. The lowest BCUT2D eigenvalue weighted by molar-refractivity contribution is 0.357. The third kappa shape index (κ3) is 1.86. The molecule has 1 saturated heterocycles. The van der Waals surface area contributed by atoms with Crippen LogP contribution in [0.1, 0.15) is 0 Å². The van der Waals surface area contributed by atoms with Crippen LogP contribution in [-0.2, 0) is 10.0 Å². The number of sulfonamides is 1. The summed E-state index contributed by atoms with van der Waals surface area (Å²) in [5.74, 6) is 0. The average Bonchev–Trinajstić information content (AvgIpc) is 2.30. The summed E-state index contributed by atoms with van der Waals surface area (Å²) in [4.78, 5) is 0. The van der Waals surface area contributed by atoms with Gasteiger partial charge in [-0.1, -0.05) is 12.1 Å². The molecule has 87 valence electrons. The monoisotopic (exact) mass is 240 g/mol. The van der Waals surface area contributed by atoms with Crippen LogP contribution >= 0.6 is 0 Å². The van der Waals surface area contributed by atoms with Gasteiger partial charge in [-0.15, -0.1) is 0 Å². The Hall–Kier alpha value is -0.910. The minimum atomic E-state index is -3.17. The Morgan fingerprint density at radius 2 is 2.00 bits per heavy atom. The Morgan fingerprint density at radius 3 is 2.50 bits per heavy atom. The van der Waals surface area contributed by atoms with Crippen molar-refractivity contribution in [2.24, 2.45) is 0 Å². The fourth-order valence-electron chi connectivity index (χ4n) is 2.14. The number of rotatable bonds is 2. The van der Waals surface area contributed by atoms with Crippen LogP contribution in [-0.4, -0.2) is 40.9 Å². The molecule has 0 aromatic heterocycles. The quantitative estimate of drug-likeness (QED) is 0.759. The molecule has 0 aliphatic carbocycles. The molecule has 0 bridgehead atoms. The molecule has 4 nitrogen and oxygen atoms in total. The summed E-state index contributed by atoms with van der Waals surface area (Å²) in [5, 5.41) is 3.19. The molecule has 0 amide bonds. The third-order valence-electron chi connectivity index (χ3n) is 3.07. The summed E-state index contributed by atoms with van der Waals surface area (Å²) >= 11 is 0. The Morgan fingerprint density at radius 1 is 1.31 bits per heavy atom. The number of hydrogen-bond acceptors (Lipinski definition) is 3. The molecule has 0 unspecified atom stereocenters. The number of nitrogens with zero attached hydrogens (tertiary/aromatic N) is 1. The minimum Gasteiger partial charge on any atom is -0.306 e. The van der Waals surface area contributed by atoms with Crippen molar-refractivity contribution in [3.8, 4) is 0 Å². The van der Waals surface area contributed by atoms with Gasteiger partial charge in [0.1, 0.15) is 13.1 Å². The number of para-hydroxylation sites is 1. The van der Waals surface area contributed by atoms with Crippen LogP contribution in [0, 0.1) is 6.07 Å². The van der Waals surface area contributed by atoms with Gasteiger partial charge in [-0.2, -0.15) is 12.3 Å². The Labute approximate surface area is 96.5 Å². The average molecular weight is 240 g/mol. The van der Waals surface area contributed by atoms with Gasteiger partial charge in [-0.05, 0) is 6.07 Å². The smallest absolute Gasteiger partial charge is 0.299 e. The predicted molar refractivity (Wildman–Crippen MR) is 64.5 cm³/mol. The summed E-state index contributed by atoms with van der Waals surface area (Å²) in [7, 11) is -3.17. The molecular formula is C11H16N2O2S+. The van der Waals surface area contributed by atoms with E-state index in [1.807, 2.05) is 18.2 Å². The highest BCUT2D eigenvalue weighted by atomic mass is 32.2. The van der Waals surface area contributed by atoms with E-state index in [2.05, 4.69) is 11.4 Å². The second-order valence-corrected chi connectivity index (χ2v) is 6.23. The van der Waals surface area contributed by atoms with E-state index in [-0.39, 0.29) is 3.89 Å². The van der Waals surface area contributed by atoms with E-state index < -0.39 is 10.0 Å². The first-order valence-corrected chi connectivity index (χ1v) is 7.16. The Balaban J connectivity index is 2.51. The fraction of sp³-hybridized carbons (Fsp3) is 0.455. The van der Waals surface area contributed by atoms with E-state index in [1.54, 1.807) is 6.07 Å². The lowest BCUT2D eigenvalue weighted by Gasteiger charge is -2.38. The van der Waals surface area contributed by atoms with Crippen LogP contribution in [0.3, 0.4) is 0 Å². The normalized spacial score (nSPS) is 20.6.